The Kier molecular flexibility index (Phi) is 7.53. The van der Waals surface area contributed by atoms with Crippen molar-refractivity contribution in [1.29, 1.82) is 0 Å². The summed E-state index contributed by atoms with van der Waals surface area (Å²) in [6.07, 6.45) is 3.53. The minimum absolute atomic E-state index is 0.122. The predicted molar refractivity (Wildman–Crippen MR) is 82.7 cm³/mol. The van der Waals surface area contributed by atoms with Crippen LogP contribution in [0.5, 0.6) is 0 Å². The minimum Gasteiger partial charge on any atom is -0.461 e. The average molecular weight is 311 g/mol. The molecule has 4 nitrogen and oxygen atoms in total. The number of allylic oxidation sites excluding steroid dienone is 1. The summed E-state index contributed by atoms with van der Waals surface area (Å²) in [5.74, 6) is -0.843. The molecule has 0 radical (unpaired) electrons. The van der Waals surface area contributed by atoms with Crippen molar-refractivity contribution >= 4 is 29.3 Å². The van der Waals surface area contributed by atoms with Crippen molar-refractivity contribution in [3.63, 3.8) is 0 Å². The van der Waals surface area contributed by atoms with E-state index in [4.69, 9.17) is 4.74 Å². The van der Waals surface area contributed by atoms with Crippen LogP contribution in [-0.2, 0) is 14.3 Å². The zero-order chi connectivity index (χ0) is 15.7. The van der Waals surface area contributed by atoms with Crippen LogP contribution < -0.4 is 5.32 Å². The molecular formula is C15H18FNO3S. The number of anilines is 1. The number of thioether (sulfide) groups is 1. The first kappa shape index (κ1) is 17.2. The molecule has 0 heterocycles. The van der Waals surface area contributed by atoms with Crippen molar-refractivity contribution in [2.24, 2.45) is 0 Å². The highest BCUT2D eigenvalue weighted by Gasteiger charge is 2.16. The van der Waals surface area contributed by atoms with Gasteiger partial charge in [-0.1, -0.05) is 12.2 Å². The molecule has 0 bridgehead atoms. The highest BCUT2D eigenvalue weighted by atomic mass is 32.2. The summed E-state index contributed by atoms with van der Waals surface area (Å²) in [6, 6.07) is 5.49. The number of halogens is 1. The SMILES string of the molecule is CC=CCOC(=O)C(C)SCC(=O)Nc1ccc(F)cc1. The highest BCUT2D eigenvalue weighted by molar-refractivity contribution is 8.01. The van der Waals surface area contributed by atoms with Gasteiger partial charge in [0.05, 0.1) is 5.75 Å². The van der Waals surface area contributed by atoms with Gasteiger partial charge in [0.1, 0.15) is 17.7 Å². The number of carbonyl (C=O) groups is 2. The van der Waals surface area contributed by atoms with Crippen LogP contribution in [-0.4, -0.2) is 29.5 Å². The monoisotopic (exact) mass is 311 g/mol. The minimum atomic E-state index is -0.422. The van der Waals surface area contributed by atoms with Gasteiger partial charge in [-0.25, -0.2) is 4.39 Å². The first-order chi connectivity index (χ1) is 10.0. The van der Waals surface area contributed by atoms with Gasteiger partial charge in [0.25, 0.3) is 0 Å². The molecule has 21 heavy (non-hydrogen) atoms. The van der Waals surface area contributed by atoms with Gasteiger partial charge >= 0.3 is 5.97 Å². The fraction of sp³-hybridized carbons (Fsp3) is 0.333. The molecule has 1 amide bonds. The Hall–Kier alpha value is -1.82. The maximum Gasteiger partial charge on any atom is 0.319 e. The number of hydrogen-bond acceptors (Lipinski definition) is 4. The second-order valence-electron chi connectivity index (χ2n) is 4.21. The van der Waals surface area contributed by atoms with Crippen molar-refractivity contribution in [2.75, 3.05) is 17.7 Å². The number of carbonyl (C=O) groups excluding carboxylic acids is 2. The first-order valence-corrected chi connectivity index (χ1v) is 7.52. The third-order valence-corrected chi connectivity index (χ3v) is 3.60. The molecule has 6 heteroatoms. The smallest absolute Gasteiger partial charge is 0.319 e. The van der Waals surface area contributed by atoms with Crippen LogP contribution in [0.1, 0.15) is 13.8 Å². The van der Waals surface area contributed by atoms with Gasteiger partial charge in [-0.2, -0.15) is 0 Å². The lowest BCUT2D eigenvalue weighted by atomic mass is 10.3. The van der Waals surface area contributed by atoms with Gasteiger partial charge in [0, 0.05) is 5.69 Å². The standard InChI is InChI=1S/C15H18FNO3S/c1-3-4-9-20-15(19)11(2)21-10-14(18)17-13-7-5-12(16)6-8-13/h3-8,11H,9-10H2,1-2H3,(H,17,18). The molecule has 0 aliphatic carbocycles. The van der Waals surface area contributed by atoms with Crippen LogP contribution in [0.2, 0.25) is 0 Å². The third kappa shape index (κ3) is 6.94. The second-order valence-corrected chi connectivity index (χ2v) is 5.54. The Morgan fingerprint density at radius 1 is 1.38 bits per heavy atom. The van der Waals surface area contributed by atoms with Gasteiger partial charge in [-0.05, 0) is 38.1 Å². The first-order valence-electron chi connectivity index (χ1n) is 6.47. The maximum absolute atomic E-state index is 12.7. The van der Waals surface area contributed by atoms with E-state index < -0.39 is 5.25 Å². The molecule has 0 fully saturated rings. The molecule has 0 aliphatic rings. The largest absolute Gasteiger partial charge is 0.461 e. The molecule has 1 aromatic carbocycles. The van der Waals surface area contributed by atoms with E-state index in [0.29, 0.717) is 5.69 Å². The molecular weight excluding hydrogens is 293 g/mol. The number of amides is 1. The third-order valence-electron chi connectivity index (χ3n) is 2.48. The molecule has 0 spiro atoms. The molecule has 0 saturated heterocycles. The van der Waals surface area contributed by atoms with Crippen molar-refractivity contribution in [1.82, 2.24) is 0 Å². The maximum atomic E-state index is 12.7. The molecule has 1 aromatic rings. The van der Waals surface area contributed by atoms with Crippen molar-refractivity contribution < 1.29 is 18.7 Å². The van der Waals surface area contributed by atoms with Crippen LogP contribution in [0.4, 0.5) is 10.1 Å². The van der Waals surface area contributed by atoms with Gasteiger partial charge in [-0.15, -0.1) is 11.8 Å². The lowest BCUT2D eigenvalue weighted by molar-refractivity contribution is -0.141. The van der Waals surface area contributed by atoms with E-state index in [0.717, 1.165) is 0 Å². The van der Waals surface area contributed by atoms with E-state index >= 15 is 0 Å². The summed E-state index contributed by atoms with van der Waals surface area (Å²) in [4.78, 5) is 23.3. The number of hydrogen-bond donors (Lipinski definition) is 1. The Labute approximate surface area is 127 Å². The molecule has 1 unspecified atom stereocenters. The molecule has 0 aromatic heterocycles. The molecule has 0 aliphatic heterocycles. The van der Waals surface area contributed by atoms with E-state index in [1.165, 1.54) is 36.0 Å². The number of ether oxygens (including phenoxy) is 1. The number of nitrogens with one attached hydrogen (secondary N) is 1. The summed E-state index contributed by atoms with van der Waals surface area (Å²) in [5.41, 5.74) is 0.519. The van der Waals surface area contributed by atoms with Crippen molar-refractivity contribution in [3.8, 4) is 0 Å². The Bertz CT molecular complexity index is 502. The molecule has 114 valence electrons. The van der Waals surface area contributed by atoms with Gasteiger partial charge in [-0.3, -0.25) is 9.59 Å². The fourth-order valence-corrected chi connectivity index (χ4v) is 2.02. The Balaban J connectivity index is 2.31. The molecule has 1 rings (SSSR count). The van der Waals surface area contributed by atoms with Gasteiger partial charge in [0.15, 0.2) is 0 Å². The predicted octanol–water partition coefficient (Wildman–Crippen LogP) is 3.01. The number of rotatable bonds is 7. The van der Waals surface area contributed by atoms with Gasteiger partial charge < -0.3 is 10.1 Å². The Morgan fingerprint density at radius 2 is 2.05 bits per heavy atom. The van der Waals surface area contributed by atoms with Crippen LogP contribution in [0, 0.1) is 5.82 Å². The normalized spacial score (nSPS) is 12.1. The van der Waals surface area contributed by atoms with Crippen LogP contribution in [0.3, 0.4) is 0 Å². The second kappa shape index (κ2) is 9.18. The van der Waals surface area contributed by atoms with Crippen LogP contribution >= 0.6 is 11.8 Å². The summed E-state index contributed by atoms with van der Waals surface area (Å²) in [7, 11) is 0. The molecule has 1 atom stereocenters. The van der Waals surface area contributed by atoms with E-state index in [-0.39, 0.29) is 30.1 Å². The summed E-state index contributed by atoms with van der Waals surface area (Å²) >= 11 is 1.19. The van der Waals surface area contributed by atoms with E-state index in [9.17, 15) is 14.0 Å². The topological polar surface area (TPSA) is 55.4 Å². The van der Waals surface area contributed by atoms with Gasteiger partial charge in [0.2, 0.25) is 5.91 Å². The molecule has 0 saturated carbocycles. The average Bonchev–Trinajstić information content (AvgIpc) is 2.47. The molecule has 1 N–H and O–H groups in total. The zero-order valence-electron chi connectivity index (χ0n) is 12.0. The quantitative estimate of drug-likeness (QED) is 0.621. The fourth-order valence-electron chi connectivity index (χ4n) is 1.34. The van der Waals surface area contributed by atoms with Crippen LogP contribution in [0.25, 0.3) is 0 Å². The lowest BCUT2D eigenvalue weighted by Gasteiger charge is -2.10. The van der Waals surface area contributed by atoms with Crippen molar-refractivity contribution in [2.45, 2.75) is 19.1 Å². The number of benzene rings is 1. The number of esters is 1. The van der Waals surface area contributed by atoms with Crippen molar-refractivity contribution in [3.05, 3.63) is 42.2 Å². The summed E-state index contributed by atoms with van der Waals surface area (Å²) < 4.78 is 17.7. The Morgan fingerprint density at radius 3 is 2.67 bits per heavy atom. The van der Waals surface area contributed by atoms with Crippen LogP contribution in [0.15, 0.2) is 36.4 Å². The highest BCUT2D eigenvalue weighted by Crippen LogP contribution is 2.14. The van der Waals surface area contributed by atoms with E-state index in [2.05, 4.69) is 5.32 Å². The van der Waals surface area contributed by atoms with E-state index in [1.54, 1.807) is 19.1 Å². The van der Waals surface area contributed by atoms with E-state index in [1.807, 2.05) is 6.92 Å². The summed E-state index contributed by atoms with van der Waals surface area (Å²) in [6.45, 7) is 3.77. The lowest BCUT2D eigenvalue weighted by Crippen LogP contribution is -2.21. The zero-order valence-corrected chi connectivity index (χ0v) is 12.8. The summed E-state index contributed by atoms with van der Waals surface area (Å²) in [5, 5.41) is 2.20.